The maximum atomic E-state index is 12.1. The Morgan fingerprint density at radius 1 is 0.957 bits per heavy atom. The Morgan fingerprint density at radius 2 is 1.52 bits per heavy atom. The Kier molecular flexibility index (Phi) is 4.79. The Balaban J connectivity index is 1.60. The molecule has 0 spiro atoms. The average Bonchev–Trinajstić information content (AvgIpc) is 2.50. The van der Waals surface area contributed by atoms with Crippen LogP contribution in [0.4, 0.5) is 10.5 Å². The van der Waals surface area contributed by atoms with Crippen molar-refractivity contribution in [3.05, 3.63) is 64.1 Å². The van der Waals surface area contributed by atoms with Gasteiger partial charge in [0, 0.05) is 27.7 Å². The largest absolute Gasteiger partial charge is 0.337 e. The average molecular weight is 349 g/mol. The summed E-state index contributed by atoms with van der Waals surface area (Å²) in [7, 11) is 0. The predicted molar refractivity (Wildman–Crippen MR) is 95.5 cm³/mol. The van der Waals surface area contributed by atoms with E-state index < -0.39 is 0 Å². The van der Waals surface area contributed by atoms with Gasteiger partial charge in [-0.15, -0.1) is 0 Å². The fourth-order valence-corrected chi connectivity index (χ4v) is 3.18. The van der Waals surface area contributed by atoms with Gasteiger partial charge in [0.15, 0.2) is 0 Å². The zero-order chi connectivity index (χ0) is 16.3. The minimum atomic E-state index is -0.201. The number of benzene rings is 2. The summed E-state index contributed by atoms with van der Waals surface area (Å²) in [4.78, 5) is 12.1. The van der Waals surface area contributed by atoms with Crippen LogP contribution >= 0.6 is 23.2 Å². The molecule has 2 amide bonds. The molecule has 0 unspecified atom stereocenters. The number of rotatable bonds is 4. The minimum absolute atomic E-state index is 0.0297. The molecule has 1 fully saturated rings. The molecule has 0 bridgehead atoms. The van der Waals surface area contributed by atoms with Crippen molar-refractivity contribution in [2.75, 3.05) is 11.9 Å². The normalized spacial score (nSPS) is 15.6. The summed E-state index contributed by atoms with van der Waals surface area (Å²) in [6.45, 7) is 0.619. The lowest BCUT2D eigenvalue weighted by molar-refractivity contribution is 0.222. The standard InChI is InChI=1S/C18H18Cl2N2O/c19-14-4-2-13(3-5-14)18(10-1-11-18)12-21-17(23)22-16-8-6-15(20)7-9-16/h2-9H,1,10-12H2,(H2,21,22,23). The molecule has 0 aliphatic heterocycles. The number of urea groups is 1. The van der Waals surface area contributed by atoms with Gasteiger partial charge in [0.25, 0.3) is 0 Å². The van der Waals surface area contributed by atoms with Crippen molar-refractivity contribution >= 4 is 34.9 Å². The van der Waals surface area contributed by atoms with E-state index in [1.165, 1.54) is 12.0 Å². The van der Waals surface area contributed by atoms with Crippen LogP contribution in [0.2, 0.25) is 10.0 Å². The Hall–Kier alpha value is -1.71. The molecule has 0 saturated heterocycles. The van der Waals surface area contributed by atoms with Gasteiger partial charge >= 0.3 is 6.03 Å². The van der Waals surface area contributed by atoms with E-state index in [1.807, 2.05) is 12.1 Å². The molecule has 0 heterocycles. The molecular formula is C18H18Cl2N2O. The van der Waals surface area contributed by atoms with E-state index in [0.29, 0.717) is 11.6 Å². The first kappa shape index (κ1) is 16.2. The Bertz CT molecular complexity index is 679. The van der Waals surface area contributed by atoms with Crippen LogP contribution in [0.1, 0.15) is 24.8 Å². The first-order valence-corrected chi connectivity index (χ1v) is 8.39. The summed E-state index contributed by atoms with van der Waals surface area (Å²) >= 11 is 11.8. The van der Waals surface area contributed by atoms with Crippen molar-refractivity contribution in [1.82, 2.24) is 5.32 Å². The predicted octanol–water partition coefficient (Wildman–Crippen LogP) is 5.24. The second-order valence-corrected chi connectivity index (χ2v) is 6.83. The van der Waals surface area contributed by atoms with E-state index in [-0.39, 0.29) is 11.4 Å². The highest BCUT2D eigenvalue weighted by molar-refractivity contribution is 6.30. The van der Waals surface area contributed by atoms with Crippen molar-refractivity contribution in [1.29, 1.82) is 0 Å². The number of nitrogens with one attached hydrogen (secondary N) is 2. The summed E-state index contributed by atoms with van der Waals surface area (Å²) in [5.74, 6) is 0. The molecular weight excluding hydrogens is 331 g/mol. The molecule has 3 rings (SSSR count). The van der Waals surface area contributed by atoms with Gasteiger partial charge in [-0.3, -0.25) is 0 Å². The summed E-state index contributed by atoms with van der Waals surface area (Å²) < 4.78 is 0. The molecule has 3 nitrogen and oxygen atoms in total. The van der Waals surface area contributed by atoms with Gasteiger partial charge in [-0.05, 0) is 54.8 Å². The lowest BCUT2D eigenvalue weighted by Crippen LogP contribution is -2.46. The zero-order valence-electron chi connectivity index (χ0n) is 12.6. The lowest BCUT2D eigenvalue weighted by atomic mass is 9.64. The second-order valence-electron chi connectivity index (χ2n) is 5.96. The first-order valence-electron chi connectivity index (χ1n) is 7.64. The molecule has 0 atom stereocenters. The molecule has 2 aromatic carbocycles. The minimum Gasteiger partial charge on any atom is -0.337 e. The Labute approximate surface area is 146 Å². The van der Waals surface area contributed by atoms with Gasteiger partial charge in [0.1, 0.15) is 0 Å². The zero-order valence-corrected chi connectivity index (χ0v) is 14.1. The van der Waals surface area contributed by atoms with Crippen molar-refractivity contribution in [2.45, 2.75) is 24.7 Å². The van der Waals surface area contributed by atoms with Crippen molar-refractivity contribution < 1.29 is 4.79 Å². The molecule has 2 aromatic rings. The highest BCUT2D eigenvalue weighted by Crippen LogP contribution is 2.43. The third-order valence-corrected chi connectivity index (χ3v) is 4.96. The van der Waals surface area contributed by atoms with Crippen LogP contribution in [0.3, 0.4) is 0 Å². The van der Waals surface area contributed by atoms with E-state index in [2.05, 4.69) is 22.8 Å². The molecule has 120 valence electrons. The maximum Gasteiger partial charge on any atom is 0.319 e. The van der Waals surface area contributed by atoms with Gasteiger partial charge in [0.05, 0.1) is 0 Å². The SMILES string of the molecule is O=C(NCC1(c2ccc(Cl)cc2)CCC1)Nc1ccc(Cl)cc1. The van der Waals surface area contributed by atoms with Gasteiger partial charge < -0.3 is 10.6 Å². The lowest BCUT2D eigenvalue weighted by Gasteiger charge is -2.42. The van der Waals surface area contributed by atoms with E-state index in [4.69, 9.17) is 23.2 Å². The van der Waals surface area contributed by atoms with Crippen molar-refractivity contribution in [2.24, 2.45) is 0 Å². The van der Waals surface area contributed by atoms with Crippen LogP contribution in [0.15, 0.2) is 48.5 Å². The van der Waals surface area contributed by atoms with Gasteiger partial charge in [-0.25, -0.2) is 4.79 Å². The number of carbonyl (C=O) groups excluding carboxylic acids is 1. The number of hydrogen-bond acceptors (Lipinski definition) is 1. The van der Waals surface area contributed by atoms with E-state index in [0.717, 1.165) is 23.6 Å². The molecule has 0 radical (unpaired) electrons. The molecule has 1 aliphatic rings. The van der Waals surface area contributed by atoms with Gasteiger partial charge in [-0.2, -0.15) is 0 Å². The highest BCUT2D eigenvalue weighted by Gasteiger charge is 2.38. The molecule has 1 aliphatic carbocycles. The number of carbonyl (C=O) groups is 1. The van der Waals surface area contributed by atoms with Crippen molar-refractivity contribution in [3.8, 4) is 0 Å². The van der Waals surface area contributed by atoms with Crippen molar-refractivity contribution in [3.63, 3.8) is 0 Å². The number of anilines is 1. The molecule has 5 heteroatoms. The van der Waals surface area contributed by atoms with Crippen LogP contribution < -0.4 is 10.6 Å². The van der Waals surface area contributed by atoms with Crippen LogP contribution in [-0.2, 0) is 5.41 Å². The highest BCUT2D eigenvalue weighted by atomic mass is 35.5. The van der Waals surface area contributed by atoms with Gasteiger partial charge in [0.2, 0.25) is 0 Å². The molecule has 23 heavy (non-hydrogen) atoms. The summed E-state index contributed by atoms with van der Waals surface area (Å²) in [6, 6.07) is 14.8. The van der Waals surface area contributed by atoms with E-state index in [1.54, 1.807) is 24.3 Å². The number of hydrogen-bond donors (Lipinski definition) is 2. The monoisotopic (exact) mass is 348 g/mol. The number of amides is 2. The third-order valence-electron chi connectivity index (χ3n) is 4.46. The fourth-order valence-electron chi connectivity index (χ4n) is 2.93. The maximum absolute atomic E-state index is 12.1. The number of halogens is 2. The van der Waals surface area contributed by atoms with Crippen LogP contribution in [0.5, 0.6) is 0 Å². The summed E-state index contributed by atoms with van der Waals surface area (Å²) in [5, 5.41) is 7.18. The molecule has 1 saturated carbocycles. The smallest absolute Gasteiger partial charge is 0.319 e. The van der Waals surface area contributed by atoms with E-state index >= 15 is 0 Å². The fraction of sp³-hybridized carbons (Fsp3) is 0.278. The third kappa shape index (κ3) is 3.80. The topological polar surface area (TPSA) is 41.1 Å². The first-order chi connectivity index (χ1) is 11.1. The van der Waals surface area contributed by atoms with Gasteiger partial charge in [-0.1, -0.05) is 41.8 Å². The van der Waals surface area contributed by atoms with Crippen LogP contribution in [-0.4, -0.2) is 12.6 Å². The Morgan fingerprint density at radius 3 is 2.04 bits per heavy atom. The van der Waals surface area contributed by atoms with Crippen LogP contribution in [0, 0.1) is 0 Å². The molecule has 0 aromatic heterocycles. The van der Waals surface area contributed by atoms with E-state index in [9.17, 15) is 4.79 Å². The molecule has 2 N–H and O–H groups in total. The second kappa shape index (κ2) is 6.81. The summed E-state index contributed by atoms with van der Waals surface area (Å²) in [6.07, 6.45) is 3.34. The quantitative estimate of drug-likeness (QED) is 0.779. The van der Waals surface area contributed by atoms with Crippen LogP contribution in [0.25, 0.3) is 0 Å². The summed E-state index contributed by atoms with van der Waals surface area (Å²) in [5.41, 5.74) is 1.99.